The molecular formula is C28H21N5O2. The molecule has 7 nitrogen and oxygen atoms in total. The Morgan fingerprint density at radius 2 is 1.80 bits per heavy atom. The number of carbonyl (C=O) groups excluding carboxylic acids is 2. The molecule has 1 amide bonds. The third-order valence-electron chi connectivity index (χ3n) is 5.60. The summed E-state index contributed by atoms with van der Waals surface area (Å²) in [5, 5.41) is 11.1. The van der Waals surface area contributed by atoms with Crippen LogP contribution >= 0.6 is 0 Å². The van der Waals surface area contributed by atoms with Crippen molar-refractivity contribution in [3.05, 3.63) is 119 Å². The number of ketones is 1. The summed E-state index contributed by atoms with van der Waals surface area (Å²) in [6.45, 7) is 1.83. The fourth-order valence-electron chi connectivity index (χ4n) is 3.78. The molecule has 5 aromatic rings. The number of nitrogens with zero attached hydrogens (tertiary/aromatic N) is 3. The van der Waals surface area contributed by atoms with Gasteiger partial charge in [-0.25, -0.2) is 0 Å². The number of anilines is 1. The molecule has 0 aliphatic heterocycles. The van der Waals surface area contributed by atoms with E-state index < -0.39 is 0 Å². The number of H-pyrrole nitrogens is 1. The fourth-order valence-corrected chi connectivity index (χ4v) is 3.78. The van der Waals surface area contributed by atoms with E-state index >= 15 is 0 Å². The third kappa shape index (κ3) is 4.74. The molecule has 35 heavy (non-hydrogen) atoms. The van der Waals surface area contributed by atoms with Crippen LogP contribution in [0.5, 0.6) is 0 Å². The van der Waals surface area contributed by atoms with Crippen LogP contribution in [0.15, 0.2) is 85.3 Å². The Morgan fingerprint density at radius 1 is 0.914 bits per heavy atom. The molecule has 0 radical (unpaired) electrons. The van der Waals surface area contributed by atoms with Crippen LogP contribution in [0.3, 0.4) is 0 Å². The Bertz CT molecular complexity index is 1570. The molecule has 0 spiro atoms. The molecule has 5 rings (SSSR count). The molecule has 2 aromatic carbocycles. The molecule has 170 valence electrons. The van der Waals surface area contributed by atoms with Crippen LogP contribution in [0.25, 0.3) is 23.1 Å². The minimum atomic E-state index is -0.250. The molecule has 3 aromatic heterocycles. The largest absolute Gasteiger partial charge is 0.322 e. The number of benzene rings is 2. The second-order valence-corrected chi connectivity index (χ2v) is 8.01. The van der Waals surface area contributed by atoms with Crippen molar-refractivity contribution < 1.29 is 9.59 Å². The van der Waals surface area contributed by atoms with E-state index in [4.69, 9.17) is 0 Å². The van der Waals surface area contributed by atoms with Gasteiger partial charge >= 0.3 is 0 Å². The van der Waals surface area contributed by atoms with E-state index in [0.29, 0.717) is 22.4 Å². The van der Waals surface area contributed by atoms with Crippen LogP contribution in [0, 0.1) is 6.92 Å². The maximum atomic E-state index is 13.2. The van der Waals surface area contributed by atoms with Gasteiger partial charge < -0.3 is 5.32 Å². The topological polar surface area (TPSA) is 101 Å². The molecule has 0 aliphatic rings. The zero-order valence-electron chi connectivity index (χ0n) is 18.9. The number of amides is 1. The Hall–Kier alpha value is -4.91. The van der Waals surface area contributed by atoms with Crippen molar-refractivity contribution >= 4 is 40.4 Å². The van der Waals surface area contributed by atoms with Crippen molar-refractivity contribution in [1.29, 1.82) is 0 Å². The smallest absolute Gasteiger partial charge is 0.256 e. The van der Waals surface area contributed by atoms with E-state index in [-0.39, 0.29) is 11.7 Å². The molecule has 3 heterocycles. The van der Waals surface area contributed by atoms with Crippen LogP contribution in [-0.2, 0) is 0 Å². The normalized spacial score (nSPS) is 11.1. The lowest BCUT2D eigenvalue weighted by atomic mass is 10.0. The van der Waals surface area contributed by atoms with Gasteiger partial charge in [0.05, 0.1) is 16.9 Å². The average Bonchev–Trinajstić information content (AvgIpc) is 3.30. The van der Waals surface area contributed by atoms with Gasteiger partial charge in [0.2, 0.25) is 0 Å². The van der Waals surface area contributed by atoms with Crippen LogP contribution in [0.2, 0.25) is 0 Å². The lowest BCUT2D eigenvalue weighted by Crippen LogP contribution is -2.14. The first-order valence-corrected chi connectivity index (χ1v) is 11.0. The number of hydrogen-bond acceptors (Lipinski definition) is 5. The maximum Gasteiger partial charge on any atom is 0.256 e. The average molecular weight is 460 g/mol. The summed E-state index contributed by atoms with van der Waals surface area (Å²) in [5.41, 5.74) is 5.21. The zero-order valence-corrected chi connectivity index (χ0v) is 18.9. The van der Waals surface area contributed by atoms with E-state index in [9.17, 15) is 9.59 Å². The minimum absolute atomic E-state index is 0.150. The highest BCUT2D eigenvalue weighted by Crippen LogP contribution is 2.22. The first kappa shape index (κ1) is 21.9. The third-order valence-corrected chi connectivity index (χ3v) is 5.60. The van der Waals surface area contributed by atoms with Gasteiger partial charge in [-0.2, -0.15) is 5.10 Å². The Balaban J connectivity index is 1.36. The number of nitrogens with one attached hydrogen (secondary N) is 2. The fraction of sp³-hybridized carbons (Fsp3) is 0.0357. The summed E-state index contributed by atoms with van der Waals surface area (Å²) in [7, 11) is 0. The van der Waals surface area contributed by atoms with Crippen LogP contribution < -0.4 is 5.32 Å². The zero-order chi connectivity index (χ0) is 24.2. The predicted octanol–water partition coefficient (Wildman–Crippen LogP) is 5.32. The number of hydrogen-bond donors (Lipinski definition) is 2. The van der Waals surface area contributed by atoms with Gasteiger partial charge in [-0.3, -0.25) is 24.7 Å². The standard InChI is InChI=1S/C28H21N5O2/c1-18-17-29-14-12-23(18)28(35)31-22-7-4-5-19(15-22)27(34)20-8-10-24-25(32-33-26(24)16-20)11-9-21-6-2-3-13-30-21/h2-17H,1H3,(H,31,35)(H,32,33). The monoisotopic (exact) mass is 459 g/mol. The molecule has 7 heteroatoms. The van der Waals surface area contributed by atoms with E-state index in [1.807, 2.05) is 43.3 Å². The van der Waals surface area contributed by atoms with Crippen molar-refractivity contribution in [1.82, 2.24) is 20.2 Å². The Kier molecular flexibility index (Phi) is 5.96. The second kappa shape index (κ2) is 9.52. The summed E-state index contributed by atoms with van der Waals surface area (Å²) >= 11 is 0. The highest BCUT2D eigenvalue weighted by Gasteiger charge is 2.14. The Morgan fingerprint density at radius 3 is 2.63 bits per heavy atom. The number of pyridine rings is 2. The Labute approximate surface area is 201 Å². The van der Waals surface area contributed by atoms with Gasteiger partial charge in [-0.1, -0.05) is 24.3 Å². The highest BCUT2D eigenvalue weighted by molar-refractivity contribution is 6.12. The summed E-state index contributed by atoms with van der Waals surface area (Å²) in [5.74, 6) is -0.400. The lowest BCUT2D eigenvalue weighted by molar-refractivity contribution is 0.102. The van der Waals surface area contributed by atoms with Gasteiger partial charge in [0.15, 0.2) is 5.78 Å². The van der Waals surface area contributed by atoms with Crippen molar-refractivity contribution in [2.45, 2.75) is 6.92 Å². The quantitative estimate of drug-likeness (QED) is 0.335. The van der Waals surface area contributed by atoms with Gasteiger partial charge in [-0.05, 0) is 67.1 Å². The first-order valence-electron chi connectivity index (χ1n) is 11.0. The summed E-state index contributed by atoms with van der Waals surface area (Å²) < 4.78 is 0. The molecule has 0 bridgehead atoms. The van der Waals surface area contributed by atoms with Crippen LogP contribution in [0.4, 0.5) is 5.69 Å². The number of aryl methyl sites for hydroxylation is 1. The van der Waals surface area contributed by atoms with Gasteiger partial charge in [0.1, 0.15) is 0 Å². The number of aromatic amines is 1. The molecule has 0 atom stereocenters. The first-order chi connectivity index (χ1) is 17.1. The number of fused-ring (bicyclic) bond motifs is 1. The van der Waals surface area contributed by atoms with E-state index in [2.05, 4.69) is 25.5 Å². The minimum Gasteiger partial charge on any atom is -0.322 e. The van der Waals surface area contributed by atoms with E-state index in [1.54, 1.807) is 61.1 Å². The summed E-state index contributed by atoms with van der Waals surface area (Å²) in [6, 6.07) is 19.7. The van der Waals surface area contributed by atoms with Gasteiger partial charge in [0.25, 0.3) is 5.91 Å². The van der Waals surface area contributed by atoms with Crippen molar-refractivity contribution in [3.63, 3.8) is 0 Å². The molecule has 0 unspecified atom stereocenters. The predicted molar refractivity (Wildman–Crippen MR) is 136 cm³/mol. The molecule has 0 fully saturated rings. The second-order valence-electron chi connectivity index (χ2n) is 8.01. The van der Waals surface area contributed by atoms with Crippen LogP contribution in [0.1, 0.15) is 43.2 Å². The maximum absolute atomic E-state index is 13.2. The molecule has 0 saturated heterocycles. The molecule has 0 saturated carbocycles. The summed E-state index contributed by atoms with van der Waals surface area (Å²) in [4.78, 5) is 34.1. The molecule has 0 aliphatic carbocycles. The van der Waals surface area contributed by atoms with Gasteiger partial charge in [0, 0.05) is 46.4 Å². The van der Waals surface area contributed by atoms with Crippen molar-refractivity contribution in [3.8, 4) is 0 Å². The van der Waals surface area contributed by atoms with E-state index in [0.717, 1.165) is 27.9 Å². The SMILES string of the molecule is Cc1cnccc1C(=O)Nc1cccc(C(=O)c2ccc3c(C=Cc4ccccn4)n[nH]c3c2)c1. The van der Waals surface area contributed by atoms with E-state index in [1.165, 1.54) is 0 Å². The highest BCUT2D eigenvalue weighted by atomic mass is 16.1. The van der Waals surface area contributed by atoms with Crippen molar-refractivity contribution in [2.75, 3.05) is 5.32 Å². The van der Waals surface area contributed by atoms with Crippen molar-refractivity contribution in [2.24, 2.45) is 0 Å². The molecular weight excluding hydrogens is 438 g/mol. The number of aromatic nitrogens is 4. The number of carbonyl (C=O) groups is 2. The lowest BCUT2D eigenvalue weighted by Gasteiger charge is -2.09. The van der Waals surface area contributed by atoms with Gasteiger partial charge in [-0.15, -0.1) is 0 Å². The molecule has 2 N–H and O–H groups in total. The van der Waals surface area contributed by atoms with Crippen LogP contribution in [-0.4, -0.2) is 31.9 Å². The summed E-state index contributed by atoms with van der Waals surface area (Å²) in [6.07, 6.45) is 8.73. The number of rotatable bonds is 6.